The summed E-state index contributed by atoms with van der Waals surface area (Å²) in [6, 6.07) is 15.7. The normalized spacial score (nSPS) is 12.1. The maximum Gasteiger partial charge on any atom is 0.416 e. The average Bonchev–Trinajstić information content (AvgIpc) is 2.86. The molecule has 3 aromatic rings. The number of halogens is 4. The summed E-state index contributed by atoms with van der Waals surface area (Å²) in [5.41, 5.74) is 2.06. The van der Waals surface area contributed by atoms with E-state index in [0.717, 1.165) is 6.07 Å². The molecule has 3 rings (SSSR count). The molecule has 0 unspecified atom stereocenters. The van der Waals surface area contributed by atoms with Crippen molar-refractivity contribution in [1.82, 2.24) is 5.43 Å². The molecule has 3 aromatic carbocycles. The number of carbonyl (C=O) groups excluding carboxylic acids is 2. The molecule has 0 aliphatic heterocycles. The minimum Gasteiger partial charge on any atom is -0.326 e. The Morgan fingerprint density at radius 1 is 0.974 bits per heavy atom. The molecule has 0 aliphatic carbocycles. The summed E-state index contributed by atoms with van der Waals surface area (Å²) in [4.78, 5) is 23.7. The second-order valence-electron chi connectivity index (χ2n) is 7.98. The van der Waals surface area contributed by atoms with Gasteiger partial charge in [-0.15, -0.1) is 0 Å². The zero-order chi connectivity index (χ0) is 28.1. The number of sulfonamides is 1. The first-order valence-electron chi connectivity index (χ1n) is 10.9. The fraction of sp³-hybridized carbons (Fsp3) is 0.160. The number of anilines is 2. The van der Waals surface area contributed by atoms with Gasteiger partial charge in [0.25, 0.3) is 15.9 Å². The quantitative estimate of drug-likeness (QED) is 0.294. The number of carbonyl (C=O) groups is 2. The Kier molecular flexibility index (Phi) is 8.79. The third-order valence-corrected chi connectivity index (χ3v) is 7.23. The third kappa shape index (κ3) is 7.11. The van der Waals surface area contributed by atoms with Crippen molar-refractivity contribution in [3.05, 3.63) is 88.9 Å². The molecule has 200 valence electrons. The lowest BCUT2D eigenvalue weighted by molar-refractivity contribution is -0.137. The van der Waals surface area contributed by atoms with E-state index in [4.69, 9.17) is 11.6 Å². The molecular formula is C25H22ClF3N4O4S. The fourth-order valence-electron chi connectivity index (χ4n) is 3.27. The number of hydrogen-bond donors (Lipinski definition) is 2. The van der Waals surface area contributed by atoms with Gasteiger partial charge in [0.15, 0.2) is 0 Å². The van der Waals surface area contributed by atoms with Gasteiger partial charge in [-0.25, -0.2) is 13.8 Å². The van der Waals surface area contributed by atoms with Gasteiger partial charge in [-0.1, -0.05) is 41.9 Å². The minimum atomic E-state index is -4.78. The fourth-order valence-corrected chi connectivity index (χ4v) is 5.00. The number of hydrogen-bond acceptors (Lipinski definition) is 5. The lowest BCUT2D eigenvalue weighted by atomic mass is 10.1. The Hall–Kier alpha value is -3.90. The Bertz CT molecular complexity index is 1460. The van der Waals surface area contributed by atoms with Gasteiger partial charge in [0.05, 0.1) is 26.9 Å². The van der Waals surface area contributed by atoms with E-state index in [0.29, 0.717) is 33.4 Å². The van der Waals surface area contributed by atoms with Crippen LogP contribution in [0.15, 0.2) is 82.8 Å². The van der Waals surface area contributed by atoms with Crippen LogP contribution in [0.5, 0.6) is 0 Å². The summed E-state index contributed by atoms with van der Waals surface area (Å²) in [5.74, 6) is -1.17. The van der Waals surface area contributed by atoms with Crippen LogP contribution in [0.2, 0.25) is 5.02 Å². The van der Waals surface area contributed by atoms with E-state index < -0.39 is 39.9 Å². The minimum absolute atomic E-state index is 0.244. The molecule has 0 radical (unpaired) electrons. The molecule has 0 saturated carbocycles. The molecule has 0 aromatic heterocycles. The van der Waals surface area contributed by atoms with Crippen LogP contribution in [0.3, 0.4) is 0 Å². The largest absolute Gasteiger partial charge is 0.416 e. The highest BCUT2D eigenvalue weighted by Gasteiger charge is 2.34. The second kappa shape index (κ2) is 11.7. The Morgan fingerprint density at radius 3 is 2.18 bits per heavy atom. The van der Waals surface area contributed by atoms with Crippen LogP contribution in [0, 0.1) is 0 Å². The summed E-state index contributed by atoms with van der Waals surface area (Å²) >= 11 is 6.11. The summed E-state index contributed by atoms with van der Waals surface area (Å²) in [6.07, 6.45) is -4.78. The standard InChI is InChI=1S/C25H22ClF3N4O4S/c1-16(18-8-11-20(12-9-18)30-17(2)34)31-32-24(35)15-33(38(36,37)21-6-4-3-5-7-21)23-14-19(25(27,28)29)10-13-22(23)26/h3-14H,15H2,1-2H3,(H,30,34)(H,32,35)/b31-16-. The van der Waals surface area contributed by atoms with Gasteiger partial charge in [0, 0.05) is 12.6 Å². The Balaban J connectivity index is 1.91. The molecule has 2 N–H and O–H groups in total. The first kappa shape index (κ1) is 28.7. The van der Waals surface area contributed by atoms with E-state index in [1.54, 1.807) is 37.3 Å². The highest BCUT2D eigenvalue weighted by molar-refractivity contribution is 7.92. The van der Waals surface area contributed by atoms with E-state index in [2.05, 4.69) is 15.8 Å². The Morgan fingerprint density at radius 2 is 1.61 bits per heavy atom. The number of alkyl halides is 3. The molecule has 8 nitrogen and oxygen atoms in total. The second-order valence-corrected chi connectivity index (χ2v) is 10.2. The third-order valence-electron chi connectivity index (χ3n) is 5.13. The van der Waals surface area contributed by atoms with Crippen LogP contribution in [-0.2, 0) is 25.8 Å². The maximum atomic E-state index is 13.4. The zero-order valence-corrected chi connectivity index (χ0v) is 21.7. The molecule has 0 aliphatic rings. The number of nitrogens with one attached hydrogen (secondary N) is 2. The molecule has 0 heterocycles. The summed E-state index contributed by atoms with van der Waals surface area (Å²) in [5, 5.41) is 6.27. The van der Waals surface area contributed by atoms with Gasteiger partial charge in [-0.2, -0.15) is 18.3 Å². The SMILES string of the molecule is CC(=O)Nc1ccc(/C(C)=N\NC(=O)CN(c2cc(C(F)(F)F)ccc2Cl)S(=O)(=O)c2ccccc2)cc1. The van der Waals surface area contributed by atoms with Gasteiger partial charge >= 0.3 is 6.18 Å². The first-order valence-corrected chi connectivity index (χ1v) is 12.8. The lowest BCUT2D eigenvalue weighted by Gasteiger charge is -2.25. The topological polar surface area (TPSA) is 108 Å². The molecule has 0 fully saturated rings. The number of benzene rings is 3. The molecule has 38 heavy (non-hydrogen) atoms. The number of rotatable bonds is 8. The van der Waals surface area contributed by atoms with Crippen molar-refractivity contribution in [1.29, 1.82) is 0 Å². The van der Waals surface area contributed by atoms with Crippen LogP contribution < -0.4 is 15.0 Å². The predicted molar refractivity (Wildman–Crippen MR) is 139 cm³/mol. The van der Waals surface area contributed by atoms with Crippen LogP contribution in [0.25, 0.3) is 0 Å². The van der Waals surface area contributed by atoms with Crippen molar-refractivity contribution in [3.8, 4) is 0 Å². The van der Waals surface area contributed by atoms with Gasteiger partial charge in [0.2, 0.25) is 5.91 Å². The molecule has 0 atom stereocenters. The van der Waals surface area contributed by atoms with Crippen LogP contribution in [0.1, 0.15) is 25.0 Å². The summed E-state index contributed by atoms with van der Waals surface area (Å²) < 4.78 is 67.4. The van der Waals surface area contributed by atoms with Crippen molar-refractivity contribution in [2.45, 2.75) is 24.9 Å². The Labute approximate surface area is 222 Å². The van der Waals surface area contributed by atoms with Gasteiger partial charge in [-0.05, 0) is 55.0 Å². The van der Waals surface area contributed by atoms with Crippen LogP contribution >= 0.6 is 11.6 Å². The van der Waals surface area contributed by atoms with Gasteiger partial charge in [-0.3, -0.25) is 13.9 Å². The van der Waals surface area contributed by atoms with Crippen molar-refractivity contribution in [3.63, 3.8) is 0 Å². The van der Waals surface area contributed by atoms with Crippen molar-refractivity contribution in [2.75, 3.05) is 16.2 Å². The van der Waals surface area contributed by atoms with Crippen LogP contribution in [-0.4, -0.2) is 32.5 Å². The average molecular weight is 567 g/mol. The predicted octanol–water partition coefficient (Wildman–Crippen LogP) is 5.05. The summed E-state index contributed by atoms with van der Waals surface area (Å²) in [7, 11) is -4.50. The van der Waals surface area contributed by atoms with Crippen molar-refractivity contribution in [2.24, 2.45) is 5.10 Å². The van der Waals surface area contributed by atoms with E-state index >= 15 is 0 Å². The van der Waals surface area contributed by atoms with Crippen molar-refractivity contribution < 1.29 is 31.2 Å². The van der Waals surface area contributed by atoms with Gasteiger partial charge in [0.1, 0.15) is 6.54 Å². The van der Waals surface area contributed by atoms with E-state index in [1.165, 1.54) is 31.2 Å². The first-order chi connectivity index (χ1) is 17.8. The summed E-state index contributed by atoms with van der Waals surface area (Å²) in [6.45, 7) is 2.04. The molecule has 13 heteroatoms. The molecule has 0 spiro atoms. The monoisotopic (exact) mass is 566 g/mol. The highest BCUT2D eigenvalue weighted by Crippen LogP contribution is 2.37. The highest BCUT2D eigenvalue weighted by atomic mass is 35.5. The number of amides is 2. The van der Waals surface area contributed by atoms with E-state index in [9.17, 15) is 31.2 Å². The van der Waals surface area contributed by atoms with E-state index in [1.807, 2.05) is 0 Å². The number of hydrazone groups is 1. The molecule has 2 amide bonds. The number of nitrogens with zero attached hydrogens (tertiary/aromatic N) is 2. The molecule has 0 saturated heterocycles. The van der Waals surface area contributed by atoms with Crippen LogP contribution in [0.4, 0.5) is 24.5 Å². The van der Waals surface area contributed by atoms with E-state index in [-0.39, 0.29) is 15.8 Å². The lowest BCUT2D eigenvalue weighted by Crippen LogP contribution is -2.40. The molecule has 0 bridgehead atoms. The smallest absolute Gasteiger partial charge is 0.326 e. The van der Waals surface area contributed by atoms with Gasteiger partial charge < -0.3 is 5.32 Å². The molecular weight excluding hydrogens is 545 g/mol. The zero-order valence-electron chi connectivity index (χ0n) is 20.1. The van der Waals surface area contributed by atoms with Crippen molar-refractivity contribution >= 4 is 50.5 Å². The maximum absolute atomic E-state index is 13.4.